The van der Waals surface area contributed by atoms with Gasteiger partial charge in [0.05, 0.1) is 11.9 Å². The van der Waals surface area contributed by atoms with Crippen molar-refractivity contribution in [1.82, 2.24) is 19.4 Å². The summed E-state index contributed by atoms with van der Waals surface area (Å²) in [5.41, 5.74) is 0.692. The Morgan fingerprint density at radius 1 is 1.42 bits per heavy atom. The smallest absolute Gasteiger partial charge is 0.246 e. The zero-order chi connectivity index (χ0) is 14.0. The molecule has 6 nitrogen and oxygen atoms in total. The van der Waals surface area contributed by atoms with Crippen LogP contribution in [0.4, 0.5) is 0 Å². The molecule has 0 aromatic carbocycles. The van der Waals surface area contributed by atoms with Crippen molar-refractivity contribution in [2.45, 2.75) is 24.7 Å². The molecule has 108 valence electrons. The number of sulfonamides is 1. The van der Waals surface area contributed by atoms with E-state index in [1.54, 1.807) is 23.0 Å². The van der Waals surface area contributed by atoms with E-state index in [0.29, 0.717) is 29.6 Å². The van der Waals surface area contributed by atoms with Gasteiger partial charge < -0.3 is 5.32 Å². The third-order valence-electron chi connectivity index (χ3n) is 3.87. The Labute approximate surface area is 114 Å². The van der Waals surface area contributed by atoms with Gasteiger partial charge >= 0.3 is 0 Å². The fraction of sp³-hybridized carbons (Fsp3) is 0.750. The first-order valence-corrected chi connectivity index (χ1v) is 8.04. The van der Waals surface area contributed by atoms with E-state index in [-0.39, 0.29) is 0 Å². The molecule has 0 saturated carbocycles. The first-order chi connectivity index (χ1) is 8.96. The van der Waals surface area contributed by atoms with Crippen LogP contribution in [-0.4, -0.2) is 49.2 Å². The summed E-state index contributed by atoms with van der Waals surface area (Å²) >= 11 is 0. The van der Waals surface area contributed by atoms with Crippen LogP contribution >= 0.6 is 0 Å². The molecule has 1 aliphatic rings. The van der Waals surface area contributed by atoms with Gasteiger partial charge in [0, 0.05) is 20.1 Å². The minimum atomic E-state index is -3.38. The predicted octanol–water partition coefficient (Wildman–Crippen LogP) is 0.349. The zero-order valence-electron chi connectivity index (χ0n) is 11.8. The minimum absolute atomic E-state index is 0.335. The van der Waals surface area contributed by atoms with Gasteiger partial charge in [-0.3, -0.25) is 4.68 Å². The maximum Gasteiger partial charge on any atom is 0.246 e. The van der Waals surface area contributed by atoms with Crippen LogP contribution in [0, 0.1) is 12.8 Å². The maximum absolute atomic E-state index is 12.5. The summed E-state index contributed by atoms with van der Waals surface area (Å²) in [5.74, 6) is 0.575. The molecule has 0 unspecified atom stereocenters. The summed E-state index contributed by atoms with van der Waals surface area (Å²) in [6.45, 7) is 3.94. The Morgan fingerprint density at radius 2 is 2.05 bits per heavy atom. The molecule has 1 fully saturated rings. The highest BCUT2D eigenvalue weighted by atomic mass is 32.2. The van der Waals surface area contributed by atoms with Gasteiger partial charge in [0.15, 0.2) is 0 Å². The largest absolute Gasteiger partial charge is 0.319 e. The van der Waals surface area contributed by atoms with Crippen LogP contribution in [0.2, 0.25) is 0 Å². The Hall–Kier alpha value is -0.920. The third-order valence-corrected chi connectivity index (χ3v) is 5.88. The summed E-state index contributed by atoms with van der Waals surface area (Å²) in [6.07, 6.45) is 3.28. The standard InChI is InChI=1S/C12H22N4O2S/c1-10-12(9-14-15(10)3)19(17,18)16-6-4-11(5-7-16)8-13-2/h9,11,13H,4-8H2,1-3H3. The lowest BCUT2D eigenvalue weighted by Crippen LogP contribution is -2.40. The first kappa shape index (κ1) is 14.5. The van der Waals surface area contributed by atoms with Gasteiger partial charge in [-0.05, 0) is 39.3 Å². The van der Waals surface area contributed by atoms with Crippen molar-refractivity contribution < 1.29 is 8.42 Å². The highest BCUT2D eigenvalue weighted by Crippen LogP contribution is 2.24. The molecule has 0 atom stereocenters. The SMILES string of the molecule is CNCC1CCN(S(=O)(=O)c2cnn(C)c2C)CC1. The van der Waals surface area contributed by atoms with E-state index < -0.39 is 10.0 Å². The quantitative estimate of drug-likeness (QED) is 0.867. The molecule has 2 heterocycles. The lowest BCUT2D eigenvalue weighted by Gasteiger charge is -2.30. The average molecular weight is 286 g/mol. The molecule has 1 aromatic rings. The van der Waals surface area contributed by atoms with Gasteiger partial charge in [0.2, 0.25) is 10.0 Å². The van der Waals surface area contributed by atoms with Crippen molar-refractivity contribution in [2.75, 3.05) is 26.7 Å². The van der Waals surface area contributed by atoms with Crippen molar-refractivity contribution in [3.63, 3.8) is 0 Å². The zero-order valence-corrected chi connectivity index (χ0v) is 12.6. The number of piperidine rings is 1. The molecule has 0 radical (unpaired) electrons. The van der Waals surface area contributed by atoms with Crippen LogP contribution < -0.4 is 5.32 Å². The second-order valence-electron chi connectivity index (χ2n) is 5.12. The molecule has 0 amide bonds. The summed E-state index contributed by atoms with van der Waals surface area (Å²) in [7, 11) is 0.309. The van der Waals surface area contributed by atoms with E-state index >= 15 is 0 Å². The van der Waals surface area contributed by atoms with Crippen molar-refractivity contribution in [2.24, 2.45) is 13.0 Å². The number of hydrogen-bond donors (Lipinski definition) is 1. The number of aryl methyl sites for hydroxylation is 1. The summed E-state index contributed by atoms with van der Waals surface area (Å²) < 4.78 is 28.3. The fourth-order valence-electron chi connectivity index (χ4n) is 2.51. The number of nitrogens with zero attached hydrogens (tertiary/aromatic N) is 3. The first-order valence-electron chi connectivity index (χ1n) is 6.60. The van der Waals surface area contributed by atoms with Crippen LogP contribution in [-0.2, 0) is 17.1 Å². The van der Waals surface area contributed by atoms with Gasteiger partial charge in [-0.2, -0.15) is 9.40 Å². The third kappa shape index (κ3) is 2.82. The monoisotopic (exact) mass is 286 g/mol. The molecular formula is C12H22N4O2S. The van der Waals surface area contributed by atoms with Gasteiger partial charge in [-0.25, -0.2) is 8.42 Å². The van der Waals surface area contributed by atoms with Crippen molar-refractivity contribution in [1.29, 1.82) is 0 Å². The lowest BCUT2D eigenvalue weighted by molar-refractivity contribution is 0.270. The van der Waals surface area contributed by atoms with E-state index in [1.807, 2.05) is 7.05 Å². The van der Waals surface area contributed by atoms with Crippen LogP contribution in [0.15, 0.2) is 11.1 Å². The minimum Gasteiger partial charge on any atom is -0.319 e. The van der Waals surface area contributed by atoms with E-state index in [9.17, 15) is 8.42 Å². The summed E-state index contributed by atoms with van der Waals surface area (Å²) in [6, 6.07) is 0. The number of aromatic nitrogens is 2. The Balaban J connectivity index is 2.12. The topological polar surface area (TPSA) is 67.2 Å². The van der Waals surface area contributed by atoms with Crippen LogP contribution in [0.3, 0.4) is 0 Å². The molecule has 7 heteroatoms. The Bertz CT molecular complexity index is 530. The van der Waals surface area contributed by atoms with Crippen molar-refractivity contribution in [3.8, 4) is 0 Å². The van der Waals surface area contributed by atoms with E-state index in [2.05, 4.69) is 10.4 Å². The average Bonchev–Trinajstić information content (AvgIpc) is 2.72. The molecule has 0 spiro atoms. The molecule has 1 N–H and O–H groups in total. The van der Waals surface area contributed by atoms with Crippen molar-refractivity contribution in [3.05, 3.63) is 11.9 Å². The Kier molecular flexibility index (Phi) is 4.27. The van der Waals surface area contributed by atoms with Gasteiger partial charge in [0.1, 0.15) is 4.90 Å². The molecule has 1 aromatic heterocycles. The molecule has 0 bridgehead atoms. The maximum atomic E-state index is 12.5. The number of rotatable bonds is 4. The van der Waals surface area contributed by atoms with Gasteiger partial charge in [-0.15, -0.1) is 0 Å². The molecule has 1 saturated heterocycles. The second-order valence-corrected chi connectivity index (χ2v) is 7.03. The van der Waals surface area contributed by atoms with Crippen molar-refractivity contribution >= 4 is 10.0 Å². The van der Waals surface area contributed by atoms with E-state index in [1.165, 1.54) is 6.20 Å². The fourth-order valence-corrected chi connectivity index (χ4v) is 4.17. The van der Waals surface area contributed by atoms with Gasteiger partial charge in [0.25, 0.3) is 0 Å². The highest BCUT2D eigenvalue weighted by Gasteiger charge is 2.31. The summed E-state index contributed by atoms with van der Waals surface area (Å²) in [4.78, 5) is 0.335. The summed E-state index contributed by atoms with van der Waals surface area (Å²) in [5, 5.41) is 7.18. The highest BCUT2D eigenvalue weighted by molar-refractivity contribution is 7.89. The lowest BCUT2D eigenvalue weighted by atomic mass is 9.98. The van der Waals surface area contributed by atoms with E-state index in [4.69, 9.17) is 0 Å². The Morgan fingerprint density at radius 3 is 2.53 bits per heavy atom. The molecule has 19 heavy (non-hydrogen) atoms. The van der Waals surface area contributed by atoms with Crippen LogP contribution in [0.1, 0.15) is 18.5 Å². The van der Waals surface area contributed by atoms with Crippen LogP contribution in [0.25, 0.3) is 0 Å². The molecular weight excluding hydrogens is 264 g/mol. The predicted molar refractivity (Wildman–Crippen MR) is 73.4 cm³/mol. The molecule has 1 aliphatic heterocycles. The van der Waals surface area contributed by atoms with E-state index in [0.717, 1.165) is 19.4 Å². The number of nitrogens with one attached hydrogen (secondary N) is 1. The second kappa shape index (κ2) is 5.60. The van der Waals surface area contributed by atoms with Crippen LogP contribution in [0.5, 0.6) is 0 Å². The molecule has 0 aliphatic carbocycles. The van der Waals surface area contributed by atoms with Gasteiger partial charge in [-0.1, -0.05) is 0 Å². The molecule has 2 rings (SSSR count). The normalized spacial score (nSPS) is 18.9. The number of hydrogen-bond acceptors (Lipinski definition) is 4.